The molecule has 72 valence electrons. The SMILES string of the molecule is CCN(CC)CC.[C+]1=CC=CC=C1. The molecule has 0 radical (unpaired) electrons. The summed E-state index contributed by atoms with van der Waals surface area (Å²) in [5, 5.41) is 0. The van der Waals surface area contributed by atoms with E-state index >= 15 is 0 Å². The van der Waals surface area contributed by atoms with Crippen LogP contribution in [0.1, 0.15) is 20.8 Å². The summed E-state index contributed by atoms with van der Waals surface area (Å²) >= 11 is 0. The van der Waals surface area contributed by atoms with E-state index in [1.54, 1.807) is 0 Å². The molecule has 0 fully saturated rings. The van der Waals surface area contributed by atoms with Gasteiger partial charge in [-0.1, -0.05) is 20.8 Å². The summed E-state index contributed by atoms with van der Waals surface area (Å²) in [7, 11) is 0. The molecule has 0 amide bonds. The van der Waals surface area contributed by atoms with Crippen LogP contribution in [0.15, 0.2) is 30.4 Å². The predicted octanol–water partition coefficient (Wildman–Crippen LogP) is 2.82. The summed E-state index contributed by atoms with van der Waals surface area (Å²) in [5.41, 5.74) is 0. The molecule has 1 heteroatoms. The highest BCUT2D eigenvalue weighted by Crippen LogP contribution is 1.85. The van der Waals surface area contributed by atoms with Gasteiger partial charge in [-0.15, -0.1) is 0 Å². The Hall–Kier alpha value is -0.910. The van der Waals surface area contributed by atoms with Crippen molar-refractivity contribution < 1.29 is 0 Å². The largest absolute Gasteiger partial charge is 0.304 e. The molecule has 0 saturated carbocycles. The lowest BCUT2D eigenvalue weighted by Gasteiger charge is -2.13. The van der Waals surface area contributed by atoms with Crippen molar-refractivity contribution in [3.05, 3.63) is 36.5 Å². The molecule has 0 heterocycles. The molecule has 0 aliphatic heterocycles. The molecule has 0 aromatic heterocycles. The van der Waals surface area contributed by atoms with Crippen LogP contribution in [0, 0.1) is 6.08 Å². The van der Waals surface area contributed by atoms with Crippen LogP contribution in [-0.2, 0) is 0 Å². The number of nitrogens with zero attached hydrogens (tertiary/aromatic N) is 1. The van der Waals surface area contributed by atoms with Crippen molar-refractivity contribution in [1.29, 1.82) is 0 Å². The first kappa shape index (κ1) is 12.1. The van der Waals surface area contributed by atoms with Gasteiger partial charge < -0.3 is 4.90 Å². The molecule has 0 N–H and O–H groups in total. The van der Waals surface area contributed by atoms with Gasteiger partial charge in [0.15, 0.2) is 0 Å². The molecular formula is C12H20N+. The van der Waals surface area contributed by atoms with Gasteiger partial charge in [0.1, 0.15) is 12.2 Å². The minimum atomic E-state index is 1.19. The van der Waals surface area contributed by atoms with Crippen LogP contribution in [0.4, 0.5) is 0 Å². The van der Waals surface area contributed by atoms with Crippen LogP contribution in [0.3, 0.4) is 0 Å². The summed E-state index contributed by atoms with van der Waals surface area (Å²) < 4.78 is 0. The van der Waals surface area contributed by atoms with Crippen LogP contribution in [-0.4, -0.2) is 24.5 Å². The normalized spacial score (nSPS) is 12.3. The van der Waals surface area contributed by atoms with Gasteiger partial charge in [-0.25, -0.2) is 0 Å². The first-order chi connectivity index (χ1) is 6.35. The fourth-order valence-electron chi connectivity index (χ4n) is 1.01. The van der Waals surface area contributed by atoms with E-state index in [2.05, 4.69) is 31.7 Å². The lowest BCUT2D eigenvalue weighted by atomic mass is 10.3. The van der Waals surface area contributed by atoms with Crippen molar-refractivity contribution >= 4 is 0 Å². The molecule has 0 aromatic rings. The molecule has 1 rings (SSSR count). The van der Waals surface area contributed by atoms with Crippen molar-refractivity contribution in [2.24, 2.45) is 0 Å². The van der Waals surface area contributed by atoms with Gasteiger partial charge in [0, 0.05) is 24.3 Å². The Morgan fingerprint density at radius 1 is 0.923 bits per heavy atom. The van der Waals surface area contributed by atoms with Crippen LogP contribution >= 0.6 is 0 Å². The van der Waals surface area contributed by atoms with Crippen molar-refractivity contribution in [2.75, 3.05) is 19.6 Å². The maximum absolute atomic E-state index is 2.89. The Balaban J connectivity index is 0.000000223. The van der Waals surface area contributed by atoms with Gasteiger partial charge in [0.05, 0.1) is 0 Å². The first-order valence-corrected chi connectivity index (χ1v) is 4.98. The minimum absolute atomic E-state index is 1.19. The molecule has 0 spiro atoms. The highest BCUT2D eigenvalue weighted by atomic mass is 15.1. The van der Waals surface area contributed by atoms with E-state index in [0.717, 1.165) is 0 Å². The van der Waals surface area contributed by atoms with E-state index in [1.165, 1.54) is 19.6 Å². The van der Waals surface area contributed by atoms with E-state index in [9.17, 15) is 0 Å². The van der Waals surface area contributed by atoms with Crippen molar-refractivity contribution in [1.82, 2.24) is 4.90 Å². The van der Waals surface area contributed by atoms with E-state index in [4.69, 9.17) is 0 Å². The second kappa shape index (κ2) is 9.18. The Kier molecular flexibility index (Phi) is 8.54. The van der Waals surface area contributed by atoms with Gasteiger partial charge in [-0.05, 0) is 19.6 Å². The van der Waals surface area contributed by atoms with Crippen molar-refractivity contribution in [3.8, 4) is 0 Å². The minimum Gasteiger partial charge on any atom is -0.304 e. The summed E-state index contributed by atoms with van der Waals surface area (Å²) in [6, 6.07) is 0. The molecule has 1 aliphatic rings. The summed E-state index contributed by atoms with van der Waals surface area (Å²) in [5.74, 6) is 0. The van der Waals surface area contributed by atoms with Crippen LogP contribution in [0.25, 0.3) is 0 Å². The second-order valence-electron chi connectivity index (χ2n) is 2.70. The average Bonchev–Trinajstić information content (AvgIpc) is 2.24. The molecular weight excluding hydrogens is 158 g/mol. The Bertz CT molecular complexity index is 132. The summed E-state index contributed by atoms with van der Waals surface area (Å²) in [6.45, 7) is 10.1. The summed E-state index contributed by atoms with van der Waals surface area (Å²) in [6.07, 6.45) is 12.5. The highest BCUT2D eigenvalue weighted by Gasteiger charge is 1.89. The van der Waals surface area contributed by atoms with Gasteiger partial charge in [-0.2, -0.15) is 0 Å². The van der Waals surface area contributed by atoms with E-state index < -0.39 is 0 Å². The van der Waals surface area contributed by atoms with Gasteiger partial charge in [0.25, 0.3) is 0 Å². The highest BCUT2D eigenvalue weighted by molar-refractivity contribution is 5.18. The Morgan fingerprint density at radius 2 is 1.54 bits per heavy atom. The van der Waals surface area contributed by atoms with E-state index in [0.29, 0.717) is 0 Å². The first-order valence-electron chi connectivity index (χ1n) is 4.98. The molecule has 0 atom stereocenters. The third-order valence-corrected chi connectivity index (χ3v) is 1.95. The molecule has 0 saturated heterocycles. The zero-order valence-corrected chi connectivity index (χ0v) is 8.96. The fraction of sp³-hybridized carbons (Fsp3) is 0.500. The lowest BCUT2D eigenvalue weighted by Crippen LogP contribution is -2.21. The second-order valence-corrected chi connectivity index (χ2v) is 2.70. The van der Waals surface area contributed by atoms with E-state index in [-0.39, 0.29) is 0 Å². The van der Waals surface area contributed by atoms with Crippen LogP contribution < -0.4 is 0 Å². The van der Waals surface area contributed by atoms with Crippen LogP contribution in [0.5, 0.6) is 0 Å². The average molecular weight is 178 g/mol. The quantitative estimate of drug-likeness (QED) is 0.601. The maximum Gasteiger partial charge on any atom is 0.103 e. The van der Waals surface area contributed by atoms with Crippen molar-refractivity contribution in [2.45, 2.75) is 20.8 Å². The fourth-order valence-corrected chi connectivity index (χ4v) is 1.01. The Labute approximate surface area is 82.4 Å². The molecule has 1 nitrogen and oxygen atoms in total. The van der Waals surface area contributed by atoms with Crippen LogP contribution in [0.2, 0.25) is 0 Å². The molecule has 0 aromatic carbocycles. The van der Waals surface area contributed by atoms with Gasteiger partial charge >= 0.3 is 0 Å². The lowest BCUT2D eigenvalue weighted by molar-refractivity contribution is 0.321. The summed E-state index contributed by atoms with van der Waals surface area (Å²) in [4.78, 5) is 2.38. The standard InChI is InChI=1S/C6H15N.C6H5/c1-4-7(5-2)6-3;1-2-4-6-5-3-1/h4-6H2,1-3H3;1-5H/q;+1. The number of hydrogen-bond acceptors (Lipinski definition) is 1. The molecule has 1 aliphatic carbocycles. The van der Waals surface area contributed by atoms with Gasteiger partial charge in [0.2, 0.25) is 0 Å². The zero-order chi connectivity index (χ0) is 9.94. The third kappa shape index (κ3) is 7.45. The number of hydrogen-bond donors (Lipinski definition) is 0. The molecule has 0 bridgehead atoms. The maximum atomic E-state index is 2.89. The monoisotopic (exact) mass is 178 g/mol. The van der Waals surface area contributed by atoms with Crippen molar-refractivity contribution in [3.63, 3.8) is 0 Å². The predicted molar refractivity (Wildman–Crippen MR) is 59.6 cm³/mol. The smallest absolute Gasteiger partial charge is 0.103 e. The van der Waals surface area contributed by atoms with Gasteiger partial charge in [-0.3, -0.25) is 0 Å². The number of rotatable bonds is 3. The van der Waals surface area contributed by atoms with E-state index in [1.807, 2.05) is 30.4 Å². The third-order valence-electron chi connectivity index (χ3n) is 1.95. The molecule has 13 heavy (non-hydrogen) atoms. The topological polar surface area (TPSA) is 3.24 Å². The number of allylic oxidation sites excluding steroid dienone is 6. The Morgan fingerprint density at radius 3 is 1.62 bits per heavy atom. The molecule has 0 unspecified atom stereocenters. The zero-order valence-electron chi connectivity index (χ0n) is 8.96.